The van der Waals surface area contributed by atoms with Crippen molar-refractivity contribution in [3.05, 3.63) is 35.9 Å². The fourth-order valence-electron chi connectivity index (χ4n) is 2.37. The lowest BCUT2D eigenvalue weighted by molar-refractivity contribution is -0.118. The second kappa shape index (κ2) is 5.93. The van der Waals surface area contributed by atoms with Gasteiger partial charge in [-0.25, -0.2) is 4.39 Å². The zero-order valence-electron chi connectivity index (χ0n) is 10.6. The Morgan fingerprint density at radius 3 is 2.84 bits per heavy atom. The van der Waals surface area contributed by atoms with Crippen molar-refractivity contribution < 1.29 is 14.3 Å². The van der Waals surface area contributed by atoms with Gasteiger partial charge >= 0.3 is 0 Å². The van der Waals surface area contributed by atoms with Crippen LogP contribution in [-0.2, 0) is 4.79 Å². The van der Waals surface area contributed by atoms with Crippen molar-refractivity contribution >= 4 is 12.0 Å². The fourth-order valence-corrected chi connectivity index (χ4v) is 2.37. The summed E-state index contributed by atoms with van der Waals surface area (Å²) in [4.78, 5) is 15.5. The highest BCUT2D eigenvalue weighted by Crippen LogP contribution is 2.29. The average molecular weight is 264 g/mol. The first-order valence-corrected chi connectivity index (χ1v) is 6.35. The Labute approximate surface area is 111 Å². The number of aliphatic hydroxyl groups is 1. The molecule has 0 unspecified atom stereocenters. The van der Waals surface area contributed by atoms with Gasteiger partial charge in [-0.05, 0) is 30.5 Å². The Balaban J connectivity index is 1.97. The molecule has 0 atom stereocenters. The Bertz CT molecular complexity index is 482. The van der Waals surface area contributed by atoms with Crippen molar-refractivity contribution in [2.45, 2.75) is 31.2 Å². The van der Waals surface area contributed by atoms with Gasteiger partial charge in [0.15, 0.2) is 0 Å². The van der Waals surface area contributed by atoms with Crippen LogP contribution in [-0.4, -0.2) is 28.1 Å². The number of aromatic nitrogens is 1. The first-order valence-electron chi connectivity index (χ1n) is 6.35. The number of nitrogens with zero attached hydrogens (tertiary/aromatic N) is 1. The summed E-state index contributed by atoms with van der Waals surface area (Å²) in [5, 5.41) is 12.2. The lowest BCUT2D eigenvalue weighted by Gasteiger charge is -2.27. The topological polar surface area (TPSA) is 62.2 Å². The number of hydrogen-bond acceptors (Lipinski definition) is 3. The van der Waals surface area contributed by atoms with E-state index in [9.17, 15) is 14.3 Å². The summed E-state index contributed by atoms with van der Waals surface area (Å²) in [6.07, 6.45) is 9.05. The van der Waals surface area contributed by atoms with E-state index in [0.29, 0.717) is 5.56 Å². The van der Waals surface area contributed by atoms with Crippen LogP contribution in [0.15, 0.2) is 24.5 Å². The first-order chi connectivity index (χ1) is 9.13. The van der Waals surface area contributed by atoms with Gasteiger partial charge in [-0.15, -0.1) is 0 Å². The zero-order chi connectivity index (χ0) is 13.7. The molecule has 4 nitrogen and oxygen atoms in total. The van der Waals surface area contributed by atoms with Gasteiger partial charge in [-0.2, -0.15) is 0 Å². The molecule has 2 rings (SSSR count). The summed E-state index contributed by atoms with van der Waals surface area (Å²) >= 11 is 0. The molecule has 0 bridgehead atoms. The molecule has 0 aliphatic heterocycles. The van der Waals surface area contributed by atoms with Crippen LogP contribution in [0.5, 0.6) is 0 Å². The smallest absolute Gasteiger partial charge is 0.244 e. The maximum Gasteiger partial charge on any atom is 0.244 e. The van der Waals surface area contributed by atoms with E-state index >= 15 is 0 Å². The average Bonchev–Trinajstić information content (AvgIpc) is 2.86. The summed E-state index contributed by atoms with van der Waals surface area (Å²) in [6, 6.07) is 1.30. The quantitative estimate of drug-likeness (QED) is 0.813. The van der Waals surface area contributed by atoms with Gasteiger partial charge in [0.05, 0.1) is 18.3 Å². The number of nitrogens with one attached hydrogen (secondary N) is 1. The molecule has 1 amide bonds. The van der Waals surface area contributed by atoms with Gasteiger partial charge in [0.25, 0.3) is 0 Å². The van der Waals surface area contributed by atoms with Crippen LogP contribution in [0.3, 0.4) is 0 Å². The van der Waals surface area contributed by atoms with Crippen LogP contribution in [0.25, 0.3) is 6.08 Å². The van der Waals surface area contributed by atoms with Crippen LogP contribution < -0.4 is 5.32 Å². The van der Waals surface area contributed by atoms with E-state index in [4.69, 9.17) is 0 Å². The highest BCUT2D eigenvalue weighted by molar-refractivity contribution is 5.92. The van der Waals surface area contributed by atoms with Crippen LogP contribution in [0, 0.1) is 5.82 Å². The number of halogens is 1. The molecule has 1 aromatic rings. The molecule has 1 aliphatic rings. The molecule has 1 heterocycles. The summed E-state index contributed by atoms with van der Waals surface area (Å²) in [7, 11) is 0. The molecule has 0 saturated heterocycles. The molecule has 0 radical (unpaired) electrons. The van der Waals surface area contributed by atoms with Crippen molar-refractivity contribution in [1.82, 2.24) is 10.3 Å². The van der Waals surface area contributed by atoms with Crippen LogP contribution >= 0.6 is 0 Å². The molecule has 0 spiro atoms. The minimum absolute atomic E-state index is 0.0475. The number of carbonyl (C=O) groups is 1. The lowest BCUT2D eigenvalue weighted by atomic mass is 9.99. The molecule has 1 saturated carbocycles. The Hall–Kier alpha value is -1.75. The summed E-state index contributed by atoms with van der Waals surface area (Å²) in [5.41, 5.74) is 0.0429. The molecule has 2 N–H and O–H groups in total. The maximum atomic E-state index is 12.9. The van der Waals surface area contributed by atoms with Crippen LogP contribution in [0.2, 0.25) is 0 Å². The Morgan fingerprint density at radius 1 is 1.47 bits per heavy atom. The van der Waals surface area contributed by atoms with E-state index < -0.39 is 11.4 Å². The van der Waals surface area contributed by atoms with Gasteiger partial charge in [0.1, 0.15) is 5.82 Å². The molecular formula is C14H17FN2O2. The molecule has 102 valence electrons. The normalized spacial score (nSPS) is 17.8. The third-order valence-electron chi connectivity index (χ3n) is 3.40. The molecular weight excluding hydrogens is 247 g/mol. The highest BCUT2D eigenvalue weighted by atomic mass is 19.1. The number of amides is 1. The predicted molar refractivity (Wildman–Crippen MR) is 69.7 cm³/mol. The summed E-state index contributed by atoms with van der Waals surface area (Å²) < 4.78 is 12.9. The van der Waals surface area contributed by atoms with Crippen LogP contribution in [0.4, 0.5) is 4.39 Å². The van der Waals surface area contributed by atoms with Gasteiger partial charge in [-0.3, -0.25) is 9.78 Å². The zero-order valence-corrected chi connectivity index (χ0v) is 10.6. The number of aliphatic hydroxyl groups excluding tert-OH is 1. The Morgan fingerprint density at radius 2 is 2.21 bits per heavy atom. The van der Waals surface area contributed by atoms with Gasteiger partial charge in [-0.1, -0.05) is 12.8 Å². The van der Waals surface area contributed by atoms with Crippen LogP contribution in [0.1, 0.15) is 31.2 Å². The third-order valence-corrected chi connectivity index (χ3v) is 3.40. The van der Waals surface area contributed by atoms with Gasteiger partial charge in [0, 0.05) is 12.3 Å². The minimum Gasteiger partial charge on any atom is -0.394 e. The molecule has 1 aromatic heterocycles. The van der Waals surface area contributed by atoms with E-state index in [1.54, 1.807) is 0 Å². The second-order valence-electron chi connectivity index (χ2n) is 4.90. The third kappa shape index (κ3) is 3.61. The predicted octanol–water partition coefficient (Wildman–Crippen LogP) is 1.66. The van der Waals surface area contributed by atoms with E-state index in [-0.39, 0.29) is 12.5 Å². The van der Waals surface area contributed by atoms with E-state index in [0.717, 1.165) is 31.9 Å². The van der Waals surface area contributed by atoms with Crippen molar-refractivity contribution in [1.29, 1.82) is 0 Å². The molecule has 1 aliphatic carbocycles. The number of carbonyl (C=O) groups excluding carboxylic acids is 1. The molecule has 0 aromatic carbocycles. The first kappa shape index (κ1) is 13.7. The number of pyridine rings is 1. The van der Waals surface area contributed by atoms with E-state index in [2.05, 4.69) is 10.3 Å². The van der Waals surface area contributed by atoms with Crippen molar-refractivity contribution in [2.75, 3.05) is 6.61 Å². The monoisotopic (exact) mass is 264 g/mol. The molecule has 1 fully saturated rings. The summed E-state index contributed by atoms with van der Waals surface area (Å²) in [6.45, 7) is -0.0475. The number of hydrogen-bond donors (Lipinski definition) is 2. The maximum absolute atomic E-state index is 12.9. The number of rotatable bonds is 4. The summed E-state index contributed by atoms with van der Waals surface area (Å²) in [5.74, 6) is -0.717. The SMILES string of the molecule is O=C(/C=C/c1cncc(F)c1)NC1(CO)CCCC1. The van der Waals surface area contributed by atoms with E-state index in [1.165, 1.54) is 24.4 Å². The van der Waals surface area contributed by atoms with Gasteiger partial charge < -0.3 is 10.4 Å². The minimum atomic E-state index is -0.485. The molecule has 19 heavy (non-hydrogen) atoms. The largest absolute Gasteiger partial charge is 0.394 e. The fraction of sp³-hybridized carbons (Fsp3) is 0.429. The second-order valence-corrected chi connectivity index (χ2v) is 4.90. The van der Waals surface area contributed by atoms with Gasteiger partial charge in [0.2, 0.25) is 5.91 Å². The highest BCUT2D eigenvalue weighted by Gasteiger charge is 2.33. The van der Waals surface area contributed by atoms with Crippen molar-refractivity contribution in [3.8, 4) is 0 Å². The van der Waals surface area contributed by atoms with Crippen molar-refractivity contribution in [3.63, 3.8) is 0 Å². The molecule has 5 heteroatoms. The van der Waals surface area contributed by atoms with Crippen molar-refractivity contribution in [2.24, 2.45) is 0 Å². The lowest BCUT2D eigenvalue weighted by Crippen LogP contribution is -2.48. The Kier molecular flexibility index (Phi) is 4.27. The standard InChI is InChI=1S/C14H17FN2O2/c15-12-7-11(8-16-9-12)3-4-13(19)17-14(10-18)5-1-2-6-14/h3-4,7-9,18H,1-2,5-6,10H2,(H,17,19)/b4-3+. The van der Waals surface area contributed by atoms with E-state index in [1.807, 2.05) is 0 Å².